The van der Waals surface area contributed by atoms with Gasteiger partial charge in [0, 0.05) is 6.54 Å². The van der Waals surface area contributed by atoms with Crippen LogP contribution in [0.15, 0.2) is 24.3 Å². The molecular formula is C16H19FN2O2. The molecule has 1 heterocycles. The summed E-state index contributed by atoms with van der Waals surface area (Å²) in [4.78, 5) is 26.1. The quantitative estimate of drug-likeness (QED) is 0.867. The van der Waals surface area contributed by atoms with E-state index in [1.807, 2.05) is 0 Å². The van der Waals surface area contributed by atoms with Crippen LogP contribution in [0, 0.1) is 11.2 Å². The van der Waals surface area contributed by atoms with Crippen molar-refractivity contribution in [3.8, 4) is 0 Å². The predicted octanol–water partition coefficient (Wildman–Crippen LogP) is 2.14. The average molecular weight is 290 g/mol. The molecule has 0 aromatic heterocycles. The Morgan fingerprint density at radius 3 is 2.43 bits per heavy atom. The number of carbonyl (C=O) groups is 2. The van der Waals surface area contributed by atoms with Crippen molar-refractivity contribution in [1.29, 1.82) is 0 Å². The third kappa shape index (κ3) is 2.41. The third-order valence-corrected chi connectivity index (χ3v) is 4.65. The summed E-state index contributed by atoms with van der Waals surface area (Å²) in [5.41, 5.74) is 5.35. The van der Waals surface area contributed by atoms with Gasteiger partial charge in [0.1, 0.15) is 11.2 Å². The molecule has 2 fully saturated rings. The van der Waals surface area contributed by atoms with Crippen molar-refractivity contribution in [2.45, 2.75) is 38.1 Å². The first-order valence-corrected chi connectivity index (χ1v) is 7.41. The van der Waals surface area contributed by atoms with Crippen LogP contribution < -0.4 is 5.73 Å². The van der Waals surface area contributed by atoms with Gasteiger partial charge in [0.25, 0.3) is 0 Å². The van der Waals surface area contributed by atoms with E-state index in [1.54, 1.807) is 17.0 Å². The largest absolute Gasteiger partial charge is 0.369 e. The van der Waals surface area contributed by atoms with Crippen LogP contribution in [0.3, 0.4) is 0 Å². The number of amides is 2. The van der Waals surface area contributed by atoms with Gasteiger partial charge in [-0.05, 0) is 49.8 Å². The van der Waals surface area contributed by atoms with Crippen LogP contribution in [-0.4, -0.2) is 23.3 Å². The summed E-state index contributed by atoms with van der Waals surface area (Å²) < 4.78 is 13.1. The Morgan fingerprint density at radius 1 is 1.19 bits per heavy atom. The molecule has 0 radical (unpaired) electrons. The number of piperidine rings is 1. The Morgan fingerprint density at radius 2 is 1.86 bits per heavy atom. The second kappa shape index (κ2) is 5.13. The van der Waals surface area contributed by atoms with Gasteiger partial charge in [-0.15, -0.1) is 0 Å². The normalized spacial score (nSPS) is 23.7. The summed E-state index contributed by atoms with van der Waals surface area (Å²) in [5, 5.41) is 0. The Balaban J connectivity index is 1.86. The molecule has 2 amide bonds. The molecule has 2 aliphatic rings. The summed E-state index contributed by atoms with van der Waals surface area (Å²) in [7, 11) is 0. The first-order chi connectivity index (χ1) is 10.0. The number of benzene rings is 1. The first-order valence-electron chi connectivity index (χ1n) is 7.41. The minimum atomic E-state index is -0.977. The molecule has 4 nitrogen and oxygen atoms in total. The maximum Gasteiger partial charge on any atom is 0.238 e. The van der Waals surface area contributed by atoms with Crippen molar-refractivity contribution in [2.75, 3.05) is 6.54 Å². The number of primary amides is 1. The molecule has 5 heteroatoms. The van der Waals surface area contributed by atoms with Crippen molar-refractivity contribution < 1.29 is 14.0 Å². The molecule has 0 unspecified atom stereocenters. The molecule has 1 atom stereocenters. The standard InChI is InChI=1S/C16H19FN2O2/c17-12-6-4-11(5-7-12)13-3-1-2-10-19(13)15(21)16(8-9-16)14(18)20/h4-7,13H,1-3,8-10H2,(H2,18,20)/t13-/m1/s1. The highest BCUT2D eigenvalue weighted by Crippen LogP contribution is 2.49. The lowest BCUT2D eigenvalue weighted by Crippen LogP contribution is -2.46. The van der Waals surface area contributed by atoms with Gasteiger partial charge in [0.15, 0.2) is 0 Å². The van der Waals surface area contributed by atoms with Crippen LogP contribution in [0.1, 0.15) is 43.7 Å². The number of nitrogens with zero attached hydrogens (tertiary/aromatic N) is 1. The highest BCUT2D eigenvalue weighted by molar-refractivity contribution is 6.07. The summed E-state index contributed by atoms with van der Waals surface area (Å²) >= 11 is 0. The van der Waals surface area contributed by atoms with Gasteiger partial charge in [-0.1, -0.05) is 12.1 Å². The highest BCUT2D eigenvalue weighted by atomic mass is 19.1. The van der Waals surface area contributed by atoms with E-state index >= 15 is 0 Å². The van der Waals surface area contributed by atoms with Crippen molar-refractivity contribution >= 4 is 11.8 Å². The van der Waals surface area contributed by atoms with Gasteiger partial charge in [-0.25, -0.2) is 4.39 Å². The Kier molecular flexibility index (Phi) is 3.43. The maximum absolute atomic E-state index is 13.1. The topological polar surface area (TPSA) is 63.4 Å². The lowest BCUT2D eigenvalue weighted by Gasteiger charge is -2.38. The van der Waals surface area contributed by atoms with Gasteiger partial charge in [-0.2, -0.15) is 0 Å². The molecule has 1 saturated heterocycles. The number of carbonyl (C=O) groups excluding carboxylic acids is 2. The van der Waals surface area contributed by atoms with Crippen molar-refractivity contribution in [2.24, 2.45) is 11.1 Å². The van der Waals surface area contributed by atoms with E-state index in [1.165, 1.54) is 12.1 Å². The molecule has 1 aliphatic carbocycles. The second-order valence-electron chi connectivity index (χ2n) is 6.01. The van der Waals surface area contributed by atoms with Crippen LogP contribution >= 0.6 is 0 Å². The van der Waals surface area contributed by atoms with Crippen molar-refractivity contribution in [3.63, 3.8) is 0 Å². The second-order valence-corrected chi connectivity index (χ2v) is 6.01. The Hall–Kier alpha value is -1.91. The van der Waals surface area contributed by atoms with Crippen LogP contribution in [0.25, 0.3) is 0 Å². The number of hydrogen-bond donors (Lipinski definition) is 1. The lowest BCUT2D eigenvalue weighted by molar-refractivity contribution is -0.146. The summed E-state index contributed by atoms with van der Waals surface area (Å²) in [6.07, 6.45) is 3.89. The minimum Gasteiger partial charge on any atom is -0.369 e. The lowest BCUT2D eigenvalue weighted by atomic mass is 9.92. The fourth-order valence-electron chi connectivity index (χ4n) is 3.17. The van der Waals surface area contributed by atoms with Gasteiger partial charge < -0.3 is 10.6 Å². The summed E-state index contributed by atoms with van der Waals surface area (Å²) in [5.74, 6) is -0.955. The average Bonchev–Trinajstić information content (AvgIpc) is 3.29. The van der Waals surface area contributed by atoms with E-state index < -0.39 is 11.3 Å². The highest BCUT2D eigenvalue weighted by Gasteiger charge is 2.57. The SMILES string of the molecule is NC(=O)C1(C(=O)N2CCCC[C@@H]2c2ccc(F)cc2)CC1. The van der Waals surface area contributed by atoms with Crippen molar-refractivity contribution in [3.05, 3.63) is 35.6 Å². The number of rotatable bonds is 3. The molecule has 0 spiro atoms. The van der Waals surface area contributed by atoms with E-state index in [-0.39, 0.29) is 17.8 Å². The van der Waals surface area contributed by atoms with Crippen LogP contribution in [0.5, 0.6) is 0 Å². The number of halogens is 1. The van der Waals surface area contributed by atoms with Gasteiger partial charge in [0.2, 0.25) is 11.8 Å². The molecule has 1 aromatic rings. The van der Waals surface area contributed by atoms with E-state index in [2.05, 4.69) is 0 Å². The smallest absolute Gasteiger partial charge is 0.238 e. The maximum atomic E-state index is 13.1. The molecule has 1 aromatic carbocycles. The third-order valence-electron chi connectivity index (χ3n) is 4.65. The molecule has 112 valence electrons. The van der Waals surface area contributed by atoms with Crippen molar-refractivity contribution in [1.82, 2.24) is 4.90 Å². The summed E-state index contributed by atoms with van der Waals surface area (Å²) in [6.45, 7) is 0.635. The summed E-state index contributed by atoms with van der Waals surface area (Å²) in [6, 6.07) is 6.18. The Labute approximate surface area is 123 Å². The zero-order valence-electron chi connectivity index (χ0n) is 11.8. The fraction of sp³-hybridized carbons (Fsp3) is 0.500. The molecular weight excluding hydrogens is 271 g/mol. The monoisotopic (exact) mass is 290 g/mol. The van der Waals surface area contributed by atoms with Crippen LogP contribution in [0.4, 0.5) is 4.39 Å². The predicted molar refractivity (Wildman–Crippen MR) is 75.6 cm³/mol. The molecule has 3 rings (SSSR count). The Bertz CT molecular complexity index is 566. The van der Waals surface area contributed by atoms with E-state index in [4.69, 9.17) is 5.73 Å². The molecule has 21 heavy (non-hydrogen) atoms. The van der Waals surface area contributed by atoms with Gasteiger partial charge >= 0.3 is 0 Å². The van der Waals surface area contributed by atoms with Gasteiger partial charge in [0.05, 0.1) is 6.04 Å². The number of hydrogen-bond acceptors (Lipinski definition) is 2. The zero-order valence-corrected chi connectivity index (χ0v) is 11.8. The molecule has 1 aliphatic heterocycles. The molecule has 2 N–H and O–H groups in total. The number of nitrogens with two attached hydrogens (primary N) is 1. The minimum absolute atomic E-state index is 0.0799. The molecule has 1 saturated carbocycles. The van der Waals surface area contributed by atoms with E-state index in [0.29, 0.717) is 19.4 Å². The van der Waals surface area contributed by atoms with E-state index in [0.717, 1.165) is 24.8 Å². The van der Waals surface area contributed by atoms with Crippen LogP contribution in [-0.2, 0) is 9.59 Å². The fourth-order valence-corrected chi connectivity index (χ4v) is 3.17. The first kappa shape index (κ1) is 14.0. The molecule has 0 bridgehead atoms. The van der Waals surface area contributed by atoms with Crippen LogP contribution in [0.2, 0.25) is 0 Å². The van der Waals surface area contributed by atoms with Gasteiger partial charge in [-0.3, -0.25) is 9.59 Å². The number of likely N-dealkylation sites (tertiary alicyclic amines) is 1. The zero-order chi connectivity index (χ0) is 15.0. The van der Waals surface area contributed by atoms with E-state index in [9.17, 15) is 14.0 Å².